The Kier molecular flexibility index (Phi) is 5.90. The molecular weight excluding hydrogens is 352 g/mol. The summed E-state index contributed by atoms with van der Waals surface area (Å²) in [5.41, 5.74) is 0.311. The molecular formula is C18H22N4O5. The number of amides is 2. The first-order chi connectivity index (χ1) is 13.0. The zero-order valence-electron chi connectivity index (χ0n) is 14.8. The molecule has 0 radical (unpaired) electrons. The molecule has 1 aliphatic carbocycles. The fourth-order valence-electron chi connectivity index (χ4n) is 3.09. The van der Waals surface area contributed by atoms with Gasteiger partial charge in [-0.15, -0.1) is 0 Å². The highest BCUT2D eigenvalue weighted by molar-refractivity contribution is 5.93. The Bertz CT molecular complexity index is 819. The Morgan fingerprint density at radius 3 is 2.70 bits per heavy atom. The Balaban J connectivity index is 1.47. The van der Waals surface area contributed by atoms with Crippen LogP contribution in [0.25, 0.3) is 0 Å². The summed E-state index contributed by atoms with van der Waals surface area (Å²) >= 11 is 0. The van der Waals surface area contributed by atoms with Crippen molar-refractivity contribution in [1.82, 2.24) is 20.4 Å². The summed E-state index contributed by atoms with van der Waals surface area (Å²) < 4.78 is 6.49. The maximum Gasteiger partial charge on any atom is 0.371 e. The van der Waals surface area contributed by atoms with Crippen molar-refractivity contribution in [2.75, 3.05) is 0 Å². The first-order valence-corrected chi connectivity index (χ1v) is 8.93. The van der Waals surface area contributed by atoms with E-state index in [2.05, 4.69) is 15.7 Å². The molecule has 144 valence electrons. The van der Waals surface area contributed by atoms with Gasteiger partial charge in [-0.2, -0.15) is 5.10 Å². The number of aromatic nitrogens is 2. The quantitative estimate of drug-likeness (QED) is 0.675. The number of carboxylic acid groups (broad SMARTS) is 1. The monoisotopic (exact) mass is 374 g/mol. The lowest BCUT2D eigenvalue weighted by molar-refractivity contribution is -0.122. The third-order valence-electron chi connectivity index (χ3n) is 4.47. The van der Waals surface area contributed by atoms with E-state index in [1.165, 1.54) is 35.6 Å². The fraction of sp³-hybridized carbons (Fsp3) is 0.444. The van der Waals surface area contributed by atoms with Gasteiger partial charge in [0.1, 0.15) is 12.3 Å². The largest absolute Gasteiger partial charge is 0.475 e. The summed E-state index contributed by atoms with van der Waals surface area (Å²) in [7, 11) is 0. The van der Waals surface area contributed by atoms with E-state index < -0.39 is 5.97 Å². The molecule has 2 amide bonds. The van der Waals surface area contributed by atoms with E-state index in [1.54, 1.807) is 0 Å². The van der Waals surface area contributed by atoms with Gasteiger partial charge < -0.3 is 20.2 Å². The van der Waals surface area contributed by atoms with E-state index in [-0.39, 0.29) is 36.7 Å². The number of hydrogen-bond donors (Lipinski definition) is 3. The second kappa shape index (κ2) is 8.52. The van der Waals surface area contributed by atoms with E-state index in [1.807, 2.05) is 0 Å². The summed E-state index contributed by atoms with van der Waals surface area (Å²) in [5, 5.41) is 18.5. The van der Waals surface area contributed by atoms with Crippen molar-refractivity contribution < 1.29 is 23.9 Å². The molecule has 0 aromatic carbocycles. The number of carboxylic acids is 1. The van der Waals surface area contributed by atoms with Gasteiger partial charge in [0.15, 0.2) is 0 Å². The molecule has 1 fully saturated rings. The molecule has 0 aliphatic heterocycles. The molecule has 1 aliphatic rings. The number of nitrogens with one attached hydrogen (secondary N) is 2. The highest BCUT2D eigenvalue weighted by Crippen LogP contribution is 2.17. The SMILES string of the molecule is O=C(Cn1cc(C(=O)NCc2ccc(C(=O)O)o2)cn1)NC1CCCCC1. The lowest BCUT2D eigenvalue weighted by atomic mass is 9.95. The van der Waals surface area contributed by atoms with Crippen molar-refractivity contribution >= 4 is 17.8 Å². The van der Waals surface area contributed by atoms with Crippen molar-refractivity contribution in [3.8, 4) is 0 Å². The smallest absolute Gasteiger partial charge is 0.371 e. The van der Waals surface area contributed by atoms with Crippen molar-refractivity contribution in [2.45, 2.75) is 51.2 Å². The van der Waals surface area contributed by atoms with Crippen molar-refractivity contribution in [3.63, 3.8) is 0 Å². The predicted molar refractivity (Wildman–Crippen MR) is 94.1 cm³/mol. The fourth-order valence-corrected chi connectivity index (χ4v) is 3.09. The molecule has 3 N–H and O–H groups in total. The lowest BCUT2D eigenvalue weighted by Gasteiger charge is -2.22. The number of carbonyl (C=O) groups is 3. The topological polar surface area (TPSA) is 126 Å². The summed E-state index contributed by atoms with van der Waals surface area (Å²) in [6.45, 7) is 0.114. The molecule has 0 saturated heterocycles. The van der Waals surface area contributed by atoms with Crippen LogP contribution in [0.3, 0.4) is 0 Å². The Morgan fingerprint density at radius 2 is 2.00 bits per heavy atom. The molecule has 1 saturated carbocycles. The van der Waals surface area contributed by atoms with Crippen molar-refractivity contribution in [1.29, 1.82) is 0 Å². The van der Waals surface area contributed by atoms with Crippen LogP contribution in [0.5, 0.6) is 0 Å². The van der Waals surface area contributed by atoms with Crippen LogP contribution in [0.1, 0.15) is 58.8 Å². The zero-order valence-corrected chi connectivity index (χ0v) is 14.8. The summed E-state index contributed by atoms with van der Waals surface area (Å²) in [5.74, 6) is -1.52. The minimum absolute atomic E-state index is 0.0550. The van der Waals surface area contributed by atoms with E-state index in [0.717, 1.165) is 25.7 Å². The summed E-state index contributed by atoms with van der Waals surface area (Å²) in [6, 6.07) is 3.05. The normalized spacial score (nSPS) is 14.7. The average molecular weight is 374 g/mol. The van der Waals surface area contributed by atoms with Gasteiger partial charge in [-0.05, 0) is 25.0 Å². The van der Waals surface area contributed by atoms with Crippen molar-refractivity contribution in [3.05, 3.63) is 41.6 Å². The Hall–Kier alpha value is -3.10. The zero-order chi connectivity index (χ0) is 19.2. The average Bonchev–Trinajstić information content (AvgIpc) is 3.30. The molecule has 9 nitrogen and oxygen atoms in total. The number of nitrogens with zero attached hydrogens (tertiary/aromatic N) is 2. The van der Waals surface area contributed by atoms with Crippen LogP contribution >= 0.6 is 0 Å². The molecule has 27 heavy (non-hydrogen) atoms. The highest BCUT2D eigenvalue weighted by atomic mass is 16.4. The number of hydrogen-bond acceptors (Lipinski definition) is 5. The van der Waals surface area contributed by atoms with Crippen LogP contribution < -0.4 is 10.6 Å². The van der Waals surface area contributed by atoms with Gasteiger partial charge in [0.25, 0.3) is 5.91 Å². The maximum absolute atomic E-state index is 12.2. The van der Waals surface area contributed by atoms with Gasteiger partial charge >= 0.3 is 5.97 Å². The number of furan rings is 1. The molecule has 0 atom stereocenters. The molecule has 0 spiro atoms. The number of rotatable bonds is 7. The third kappa shape index (κ3) is 5.19. The van der Waals surface area contributed by atoms with Crippen LogP contribution in [0.4, 0.5) is 0 Å². The maximum atomic E-state index is 12.2. The standard InChI is InChI=1S/C18H22N4O5/c23-16(21-13-4-2-1-3-5-13)11-22-10-12(8-20-22)17(24)19-9-14-6-7-15(27-14)18(25)26/h6-8,10,13H,1-5,9,11H2,(H,19,24)(H,21,23)(H,25,26). The van der Waals surface area contributed by atoms with Gasteiger partial charge in [-0.1, -0.05) is 19.3 Å². The lowest BCUT2D eigenvalue weighted by Crippen LogP contribution is -2.38. The third-order valence-corrected chi connectivity index (χ3v) is 4.47. The Morgan fingerprint density at radius 1 is 1.22 bits per heavy atom. The molecule has 2 heterocycles. The van der Waals surface area contributed by atoms with Crippen LogP contribution in [-0.4, -0.2) is 38.7 Å². The van der Waals surface area contributed by atoms with Crippen LogP contribution in [-0.2, 0) is 17.9 Å². The molecule has 0 bridgehead atoms. The molecule has 9 heteroatoms. The molecule has 2 aromatic rings. The first kappa shape index (κ1) is 18.7. The summed E-state index contributed by atoms with van der Waals surface area (Å²) in [6.07, 6.45) is 8.40. The van der Waals surface area contributed by atoms with Gasteiger partial charge in [-0.3, -0.25) is 14.3 Å². The van der Waals surface area contributed by atoms with E-state index in [0.29, 0.717) is 11.3 Å². The first-order valence-electron chi connectivity index (χ1n) is 8.93. The van der Waals surface area contributed by atoms with E-state index in [9.17, 15) is 14.4 Å². The van der Waals surface area contributed by atoms with Crippen LogP contribution in [0.2, 0.25) is 0 Å². The second-order valence-electron chi connectivity index (χ2n) is 6.58. The van der Waals surface area contributed by atoms with E-state index >= 15 is 0 Å². The number of aromatic carboxylic acids is 1. The predicted octanol–water partition coefficient (Wildman–Crippen LogP) is 1.55. The van der Waals surface area contributed by atoms with Crippen molar-refractivity contribution in [2.24, 2.45) is 0 Å². The molecule has 2 aromatic heterocycles. The highest BCUT2D eigenvalue weighted by Gasteiger charge is 2.17. The molecule has 0 unspecified atom stereocenters. The van der Waals surface area contributed by atoms with E-state index in [4.69, 9.17) is 9.52 Å². The number of carbonyl (C=O) groups excluding carboxylic acids is 2. The van der Waals surface area contributed by atoms with Gasteiger partial charge in [0, 0.05) is 12.2 Å². The van der Waals surface area contributed by atoms with Crippen LogP contribution in [0.15, 0.2) is 28.9 Å². The summed E-state index contributed by atoms with van der Waals surface area (Å²) in [4.78, 5) is 35.0. The minimum atomic E-state index is -1.17. The van der Waals surface area contributed by atoms with Gasteiger partial charge in [0.2, 0.25) is 11.7 Å². The molecule has 3 rings (SSSR count). The Labute approximate surface area is 155 Å². The van der Waals surface area contributed by atoms with Gasteiger partial charge in [0.05, 0.1) is 18.3 Å². The second-order valence-corrected chi connectivity index (χ2v) is 6.58. The minimum Gasteiger partial charge on any atom is -0.475 e. The van der Waals surface area contributed by atoms with Gasteiger partial charge in [-0.25, -0.2) is 4.79 Å². The van der Waals surface area contributed by atoms with Crippen LogP contribution in [0, 0.1) is 0 Å².